The lowest BCUT2D eigenvalue weighted by Crippen LogP contribution is -2.19. The van der Waals surface area contributed by atoms with Crippen molar-refractivity contribution < 1.29 is 4.39 Å². The summed E-state index contributed by atoms with van der Waals surface area (Å²) >= 11 is 0. The fourth-order valence-electron chi connectivity index (χ4n) is 1.63. The van der Waals surface area contributed by atoms with Crippen molar-refractivity contribution >= 4 is 5.69 Å². The number of nitriles is 1. The second-order valence-corrected chi connectivity index (χ2v) is 3.85. The van der Waals surface area contributed by atoms with E-state index in [-0.39, 0.29) is 17.7 Å². The zero-order valence-electron chi connectivity index (χ0n) is 9.43. The second-order valence-electron chi connectivity index (χ2n) is 3.85. The van der Waals surface area contributed by atoms with Crippen LogP contribution in [0.1, 0.15) is 11.1 Å². The Morgan fingerprint density at radius 2 is 2.11 bits per heavy atom. The molecule has 0 amide bonds. The van der Waals surface area contributed by atoms with Crippen LogP contribution in [-0.2, 0) is 6.54 Å². The van der Waals surface area contributed by atoms with Gasteiger partial charge in [0.25, 0.3) is 5.56 Å². The highest BCUT2D eigenvalue weighted by atomic mass is 19.1. The molecule has 0 radical (unpaired) electrons. The first kappa shape index (κ1) is 11.9. The largest absolute Gasteiger partial charge is 0.398 e. The van der Waals surface area contributed by atoms with Gasteiger partial charge in [-0.15, -0.1) is 0 Å². The SMILES string of the molecule is N#Cc1cc(Cn2cc(N)ccc2=O)ccc1F. The Morgan fingerprint density at radius 3 is 2.83 bits per heavy atom. The number of anilines is 1. The van der Waals surface area contributed by atoms with Gasteiger partial charge in [0, 0.05) is 18.0 Å². The van der Waals surface area contributed by atoms with E-state index in [9.17, 15) is 9.18 Å². The van der Waals surface area contributed by atoms with Crippen LogP contribution < -0.4 is 11.3 Å². The lowest BCUT2D eigenvalue weighted by Gasteiger charge is -2.07. The van der Waals surface area contributed by atoms with Crippen molar-refractivity contribution in [2.45, 2.75) is 6.54 Å². The summed E-state index contributed by atoms with van der Waals surface area (Å²) in [5.41, 5.74) is 6.49. The molecular formula is C13H10FN3O. The Balaban J connectivity index is 2.38. The summed E-state index contributed by atoms with van der Waals surface area (Å²) in [6.45, 7) is 0.249. The normalized spacial score (nSPS) is 10.0. The summed E-state index contributed by atoms with van der Waals surface area (Å²) in [4.78, 5) is 11.6. The molecule has 18 heavy (non-hydrogen) atoms. The van der Waals surface area contributed by atoms with E-state index in [4.69, 9.17) is 11.0 Å². The van der Waals surface area contributed by atoms with E-state index in [1.54, 1.807) is 6.07 Å². The van der Waals surface area contributed by atoms with Gasteiger partial charge >= 0.3 is 0 Å². The van der Waals surface area contributed by atoms with Crippen LogP contribution in [0.5, 0.6) is 0 Å². The molecule has 2 aromatic rings. The second kappa shape index (κ2) is 4.72. The highest BCUT2D eigenvalue weighted by molar-refractivity contribution is 5.36. The number of hydrogen-bond donors (Lipinski definition) is 1. The van der Waals surface area contributed by atoms with Gasteiger partial charge in [-0.3, -0.25) is 4.79 Å². The Bertz CT molecular complexity index is 685. The van der Waals surface area contributed by atoms with Gasteiger partial charge in [0.05, 0.1) is 12.1 Å². The van der Waals surface area contributed by atoms with Gasteiger partial charge < -0.3 is 10.3 Å². The third-order valence-electron chi connectivity index (χ3n) is 2.51. The van der Waals surface area contributed by atoms with Crippen molar-refractivity contribution in [2.24, 2.45) is 0 Å². The first-order valence-corrected chi connectivity index (χ1v) is 5.24. The van der Waals surface area contributed by atoms with E-state index in [1.807, 2.05) is 0 Å². The minimum Gasteiger partial charge on any atom is -0.398 e. The maximum Gasteiger partial charge on any atom is 0.250 e. The molecule has 4 nitrogen and oxygen atoms in total. The third kappa shape index (κ3) is 2.38. The van der Waals surface area contributed by atoms with Gasteiger partial charge in [0.2, 0.25) is 0 Å². The summed E-state index contributed by atoms with van der Waals surface area (Å²) < 4.78 is 14.5. The molecule has 5 heteroatoms. The zero-order chi connectivity index (χ0) is 13.1. The summed E-state index contributed by atoms with van der Waals surface area (Å²) in [6.07, 6.45) is 1.51. The van der Waals surface area contributed by atoms with E-state index in [1.165, 1.54) is 41.1 Å². The molecule has 0 unspecified atom stereocenters. The highest BCUT2D eigenvalue weighted by Crippen LogP contribution is 2.10. The van der Waals surface area contributed by atoms with Gasteiger partial charge in [0.15, 0.2) is 0 Å². The molecule has 1 aromatic heterocycles. The topological polar surface area (TPSA) is 71.8 Å². The van der Waals surface area contributed by atoms with Gasteiger partial charge in [-0.05, 0) is 23.8 Å². The average Bonchev–Trinajstić information content (AvgIpc) is 2.36. The van der Waals surface area contributed by atoms with Crippen LogP contribution in [0.4, 0.5) is 10.1 Å². The Morgan fingerprint density at radius 1 is 1.33 bits per heavy atom. The molecular weight excluding hydrogens is 233 g/mol. The number of nitrogens with zero attached hydrogens (tertiary/aromatic N) is 2. The average molecular weight is 243 g/mol. The molecule has 0 atom stereocenters. The van der Waals surface area contributed by atoms with Crippen molar-refractivity contribution in [3.05, 3.63) is 63.8 Å². The lowest BCUT2D eigenvalue weighted by atomic mass is 10.1. The monoisotopic (exact) mass is 243 g/mol. The smallest absolute Gasteiger partial charge is 0.250 e. The van der Waals surface area contributed by atoms with Crippen molar-refractivity contribution in [1.29, 1.82) is 5.26 Å². The number of rotatable bonds is 2. The molecule has 2 rings (SSSR count). The first-order chi connectivity index (χ1) is 8.60. The van der Waals surface area contributed by atoms with Crippen LogP contribution in [0.25, 0.3) is 0 Å². The Hall–Kier alpha value is -2.61. The van der Waals surface area contributed by atoms with E-state index < -0.39 is 5.82 Å². The van der Waals surface area contributed by atoms with Gasteiger partial charge in [-0.2, -0.15) is 5.26 Å². The molecule has 0 spiro atoms. The summed E-state index contributed by atoms with van der Waals surface area (Å²) in [5, 5.41) is 8.73. The lowest BCUT2D eigenvalue weighted by molar-refractivity contribution is 0.622. The van der Waals surface area contributed by atoms with E-state index in [2.05, 4.69) is 0 Å². The van der Waals surface area contributed by atoms with Crippen molar-refractivity contribution in [2.75, 3.05) is 5.73 Å². The van der Waals surface area contributed by atoms with Crippen molar-refractivity contribution in [3.8, 4) is 6.07 Å². The maximum absolute atomic E-state index is 13.1. The summed E-state index contributed by atoms with van der Waals surface area (Å²) in [7, 11) is 0. The first-order valence-electron chi connectivity index (χ1n) is 5.24. The third-order valence-corrected chi connectivity index (χ3v) is 2.51. The van der Waals surface area contributed by atoms with Gasteiger partial charge in [-0.1, -0.05) is 6.07 Å². The molecule has 0 aliphatic heterocycles. The Kier molecular flexibility index (Phi) is 3.11. The van der Waals surface area contributed by atoms with Crippen LogP contribution in [0.2, 0.25) is 0 Å². The number of nitrogen functional groups attached to an aromatic ring is 1. The fourth-order valence-corrected chi connectivity index (χ4v) is 1.63. The maximum atomic E-state index is 13.1. The van der Waals surface area contributed by atoms with Crippen LogP contribution in [0, 0.1) is 17.1 Å². The molecule has 0 saturated carbocycles. The molecule has 0 fully saturated rings. The fraction of sp³-hybridized carbons (Fsp3) is 0.0769. The molecule has 0 saturated heterocycles. The van der Waals surface area contributed by atoms with E-state index in [0.29, 0.717) is 11.3 Å². The number of benzene rings is 1. The molecule has 1 aromatic carbocycles. The van der Waals surface area contributed by atoms with E-state index in [0.717, 1.165) is 0 Å². The van der Waals surface area contributed by atoms with Crippen molar-refractivity contribution in [3.63, 3.8) is 0 Å². The molecule has 0 aliphatic carbocycles. The van der Waals surface area contributed by atoms with Crippen LogP contribution >= 0.6 is 0 Å². The number of aromatic nitrogens is 1. The predicted molar refractivity (Wildman–Crippen MR) is 65.3 cm³/mol. The molecule has 0 bridgehead atoms. The highest BCUT2D eigenvalue weighted by Gasteiger charge is 2.04. The number of halogens is 1. The molecule has 1 heterocycles. The quantitative estimate of drug-likeness (QED) is 0.868. The standard InChI is InChI=1S/C13H10FN3O/c14-12-3-1-9(5-10(12)6-15)7-17-8-11(16)2-4-13(17)18/h1-5,8H,7,16H2. The molecule has 90 valence electrons. The number of nitrogens with two attached hydrogens (primary N) is 1. The van der Waals surface area contributed by atoms with Crippen molar-refractivity contribution in [1.82, 2.24) is 4.57 Å². The minimum atomic E-state index is -0.568. The van der Waals surface area contributed by atoms with E-state index >= 15 is 0 Å². The zero-order valence-corrected chi connectivity index (χ0v) is 9.43. The van der Waals surface area contributed by atoms with Crippen LogP contribution in [0.3, 0.4) is 0 Å². The minimum absolute atomic E-state index is 0.0375. The summed E-state index contributed by atoms with van der Waals surface area (Å²) in [6, 6.07) is 8.81. The summed E-state index contributed by atoms with van der Waals surface area (Å²) in [5.74, 6) is -0.568. The number of pyridine rings is 1. The van der Waals surface area contributed by atoms with Gasteiger partial charge in [0.1, 0.15) is 11.9 Å². The van der Waals surface area contributed by atoms with Gasteiger partial charge in [-0.25, -0.2) is 4.39 Å². The van der Waals surface area contributed by atoms with Crippen LogP contribution in [-0.4, -0.2) is 4.57 Å². The Labute approximate surface area is 103 Å². The predicted octanol–water partition coefficient (Wildman–Crippen LogP) is 1.49. The van der Waals surface area contributed by atoms with Crippen LogP contribution in [0.15, 0.2) is 41.3 Å². The number of hydrogen-bond acceptors (Lipinski definition) is 3. The molecule has 2 N–H and O–H groups in total. The molecule has 0 aliphatic rings.